The molecule has 0 aliphatic heterocycles. The Morgan fingerprint density at radius 1 is 1.24 bits per heavy atom. The molecule has 0 spiro atoms. The topological polar surface area (TPSA) is 12.0 Å². The third-order valence-electron chi connectivity index (χ3n) is 2.41. The van der Waals surface area contributed by atoms with Crippen molar-refractivity contribution in [3.05, 3.63) is 35.6 Å². The standard InChI is InChI=1S/C14H22FNS/c1-5-16-13(10-17-14(2,3)4)11-6-8-12(15)9-7-11/h6-9,13,16H,5,10H2,1-4H3. The van der Waals surface area contributed by atoms with E-state index >= 15 is 0 Å². The molecule has 1 aromatic rings. The van der Waals surface area contributed by atoms with Crippen molar-refractivity contribution < 1.29 is 4.39 Å². The minimum Gasteiger partial charge on any atom is -0.310 e. The van der Waals surface area contributed by atoms with E-state index in [1.165, 1.54) is 12.1 Å². The lowest BCUT2D eigenvalue weighted by atomic mass is 10.1. The summed E-state index contributed by atoms with van der Waals surface area (Å²) in [5, 5.41) is 3.45. The van der Waals surface area contributed by atoms with E-state index in [4.69, 9.17) is 0 Å². The van der Waals surface area contributed by atoms with E-state index in [1.807, 2.05) is 23.9 Å². The average molecular weight is 255 g/mol. The van der Waals surface area contributed by atoms with Crippen molar-refractivity contribution in [2.24, 2.45) is 0 Å². The van der Waals surface area contributed by atoms with Gasteiger partial charge in [-0.1, -0.05) is 39.8 Å². The highest BCUT2D eigenvalue weighted by molar-refractivity contribution is 8.00. The highest BCUT2D eigenvalue weighted by atomic mass is 32.2. The van der Waals surface area contributed by atoms with Gasteiger partial charge in [0.25, 0.3) is 0 Å². The van der Waals surface area contributed by atoms with Crippen molar-refractivity contribution >= 4 is 11.8 Å². The van der Waals surface area contributed by atoms with Gasteiger partial charge in [-0.25, -0.2) is 4.39 Å². The summed E-state index contributed by atoms with van der Waals surface area (Å²) >= 11 is 1.92. The molecule has 0 heterocycles. The zero-order chi connectivity index (χ0) is 12.9. The van der Waals surface area contributed by atoms with E-state index < -0.39 is 0 Å². The number of rotatable bonds is 5. The summed E-state index contributed by atoms with van der Waals surface area (Å²) in [4.78, 5) is 0. The zero-order valence-electron chi connectivity index (χ0n) is 11.1. The Morgan fingerprint density at radius 3 is 2.29 bits per heavy atom. The lowest BCUT2D eigenvalue weighted by Gasteiger charge is -2.23. The number of hydrogen-bond acceptors (Lipinski definition) is 2. The fourth-order valence-corrected chi connectivity index (χ4v) is 2.52. The van der Waals surface area contributed by atoms with E-state index in [1.54, 1.807) is 0 Å². The fourth-order valence-electron chi connectivity index (χ4n) is 1.55. The van der Waals surface area contributed by atoms with Crippen LogP contribution in [0.5, 0.6) is 0 Å². The van der Waals surface area contributed by atoms with Crippen molar-refractivity contribution in [1.29, 1.82) is 0 Å². The van der Waals surface area contributed by atoms with Gasteiger partial charge in [0.2, 0.25) is 0 Å². The quantitative estimate of drug-likeness (QED) is 0.853. The number of benzene rings is 1. The third kappa shape index (κ3) is 5.55. The summed E-state index contributed by atoms with van der Waals surface area (Å²) in [5.41, 5.74) is 1.16. The van der Waals surface area contributed by atoms with E-state index in [0.29, 0.717) is 6.04 Å². The molecule has 0 radical (unpaired) electrons. The fraction of sp³-hybridized carbons (Fsp3) is 0.571. The van der Waals surface area contributed by atoms with Gasteiger partial charge in [0, 0.05) is 16.5 Å². The van der Waals surface area contributed by atoms with E-state index in [0.717, 1.165) is 17.9 Å². The molecule has 1 aromatic carbocycles. The first-order valence-corrected chi connectivity index (χ1v) is 7.04. The first-order chi connectivity index (χ1) is 7.92. The van der Waals surface area contributed by atoms with Gasteiger partial charge in [-0.15, -0.1) is 0 Å². The molecule has 1 unspecified atom stereocenters. The molecule has 0 aliphatic carbocycles. The van der Waals surface area contributed by atoms with Gasteiger partial charge in [0.1, 0.15) is 5.82 Å². The summed E-state index contributed by atoms with van der Waals surface area (Å²) < 4.78 is 13.1. The summed E-state index contributed by atoms with van der Waals surface area (Å²) in [6.45, 7) is 9.66. The Hall–Kier alpha value is -0.540. The molecule has 0 aliphatic rings. The van der Waals surface area contributed by atoms with Gasteiger partial charge in [0.15, 0.2) is 0 Å². The van der Waals surface area contributed by atoms with Crippen LogP contribution in [-0.2, 0) is 0 Å². The first-order valence-electron chi connectivity index (χ1n) is 6.05. The largest absolute Gasteiger partial charge is 0.310 e. The number of hydrogen-bond donors (Lipinski definition) is 1. The number of nitrogens with one attached hydrogen (secondary N) is 1. The van der Waals surface area contributed by atoms with E-state index in [-0.39, 0.29) is 10.6 Å². The molecule has 1 N–H and O–H groups in total. The molecular weight excluding hydrogens is 233 g/mol. The van der Waals surface area contributed by atoms with Crippen LogP contribution >= 0.6 is 11.8 Å². The van der Waals surface area contributed by atoms with Crippen molar-refractivity contribution in [2.75, 3.05) is 12.3 Å². The van der Waals surface area contributed by atoms with Crippen molar-refractivity contribution in [1.82, 2.24) is 5.32 Å². The van der Waals surface area contributed by atoms with Gasteiger partial charge in [-0.2, -0.15) is 11.8 Å². The molecule has 1 atom stereocenters. The van der Waals surface area contributed by atoms with Crippen molar-refractivity contribution in [3.8, 4) is 0 Å². The molecule has 1 nitrogen and oxygen atoms in total. The van der Waals surface area contributed by atoms with Gasteiger partial charge >= 0.3 is 0 Å². The molecule has 96 valence electrons. The molecule has 0 bridgehead atoms. The highest BCUT2D eigenvalue weighted by Gasteiger charge is 2.16. The Kier molecular flexibility index (Phi) is 5.47. The molecule has 0 saturated carbocycles. The highest BCUT2D eigenvalue weighted by Crippen LogP contribution is 2.28. The van der Waals surface area contributed by atoms with Gasteiger partial charge in [-0.05, 0) is 24.2 Å². The summed E-state index contributed by atoms with van der Waals surface area (Å²) in [5.74, 6) is 0.829. The van der Waals surface area contributed by atoms with Crippen LogP contribution in [0.15, 0.2) is 24.3 Å². The zero-order valence-corrected chi connectivity index (χ0v) is 11.9. The summed E-state index contributed by atoms with van der Waals surface area (Å²) in [6, 6.07) is 7.09. The van der Waals surface area contributed by atoms with Crippen LogP contribution in [0.1, 0.15) is 39.3 Å². The normalized spacial score (nSPS) is 13.7. The lowest BCUT2D eigenvalue weighted by molar-refractivity contribution is 0.596. The Morgan fingerprint density at radius 2 is 1.82 bits per heavy atom. The predicted molar refractivity (Wildman–Crippen MR) is 75.0 cm³/mol. The van der Waals surface area contributed by atoms with Crippen LogP contribution in [-0.4, -0.2) is 17.0 Å². The minimum atomic E-state index is -0.174. The van der Waals surface area contributed by atoms with Crippen LogP contribution < -0.4 is 5.32 Å². The molecule has 17 heavy (non-hydrogen) atoms. The number of thioether (sulfide) groups is 1. The molecule has 0 fully saturated rings. The van der Waals surface area contributed by atoms with Gasteiger partial charge in [0.05, 0.1) is 0 Å². The Labute approximate surface area is 108 Å². The van der Waals surface area contributed by atoms with Gasteiger partial charge < -0.3 is 5.32 Å². The second-order valence-corrected chi connectivity index (χ2v) is 6.93. The second kappa shape index (κ2) is 6.41. The smallest absolute Gasteiger partial charge is 0.123 e. The maximum Gasteiger partial charge on any atom is 0.123 e. The summed E-state index contributed by atoms with van der Waals surface area (Å²) in [7, 11) is 0. The van der Waals surface area contributed by atoms with Crippen LogP contribution in [0.4, 0.5) is 4.39 Å². The lowest BCUT2D eigenvalue weighted by Crippen LogP contribution is -2.25. The van der Waals surface area contributed by atoms with E-state index in [9.17, 15) is 4.39 Å². The SMILES string of the molecule is CCNC(CSC(C)(C)C)c1ccc(F)cc1. The van der Waals surface area contributed by atoms with Crippen molar-refractivity contribution in [2.45, 2.75) is 38.5 Å². The van der Waals surface area contributed by atoms with Crippen LogP contribution in [0.3, 0.4) is 0 Å². The molecular formula is C14H22FNS. The van der Waals surface area contributed by atoms with Crippen LogP contribution in [0.2, 0.25) is 0 Å². The maximum absolute atomic E-state index is 12.9. The van der Waals surface area contributed by atoms with E-state index in [2.05, 4.69) is 33.0 Å². The minimum absolute atomic E-state index is 0.174. The Bertz CT molecular complexity index is 329. The molecule has 0 saturated heterocycles. The van der Waals surface area contributed by atoms with Crippen LogP contribution in [0.25, 0.3) is 0 Å². The van der Waals surface area contributed by atoms with Crippen LogP contribution in [0, 0.1) is 5.82 Å². The molecule has 1 rings (SSSR count). The first kappa shape index (κ1) is 14.5. The summed E-state index contributed by atoms with van der Waals surface area (Å²) in [6.07, 6.45) is 0. The molecule has 0 aromatic heterocycles. The van der Waals surface area contributed by atoms with Gasteiger partial charge in [-0.3, -0.25) is 0 Å². The predicted octanol–water partition coefficient (Wildman–Crippen LogP) is 4.01. The Balaban J connectivity index is 2.68. The monoisotopic (exact) mass is 255 g/mol. The second-order valence-electron chi connectivity index (χ2n) is 5.09. The molecule has 3 heteroatoms. The van der Waals surface area contributed by atoms with Crippen molar-refractivity contribution in [3.63, 3.8) is 0 Å². The third-order valence-corrected chi connectivity index (χ3v) is 3.77. The molecule has 0 amide bonds. The number of halogens is 1. The average Bonchev–Trinajstić information content (AvgIpc) is 2.24. The maximum atomic E-state index is 12.9.